The average Bonchev–Trinajstić information content (AvgIpc) is 3.02. The monoisotopic (exact) mass is 393 g/mol. The summed E-state index contributed by atoms with van der Waals surface area (Å²) in [5.74, 6) is -0.392. The molecule has 0 aliphatic heterocycles. The van der Waals surface area contributed by atoms with Gasteiger partial charge in [0.1, 0.15) is 11.4 Å². The molecule has 1 fully saturated rings. The van der Waals surface area contributed by atoms with Gasteiger partial charge in [-0.3, -0.25) is 9.59 Å². The molecule has 1 heterocycles. The summed E-state index contributed by atoms with van der Waals surface area (Å²) in [5.41, 5.74) is 15.2. The van der Waals surface area contributed by atoms with Crippen LogP contribution in [-0.2, 0) is 24.2 Å². The second-order valence-corrected chi connectivity index (χ2v) is 8.20. The number of amides is 2. The molecule has 0 saturated heterocycles. The molecular formula is C22H27N5O2. The highest BCUT2D eigenvalue weighted by Crippen LogP contribution is 2.38. The Labute approximate surface area is 170 Å². The number of rotatable bonds is 6. The van der Waals surface area contributed by atoms with Crippen molar-refractivity contribution in [1.29, 1.82) is 0 Å². The van der Waals surface area contributed by atoms with Gasteiger partial charge in [0.2, 0.25) is 5.91 Å². The fourth-order valence-electron chi connectivity index (χ4n) is 4.61. The standard InChI is InChI=1S/C22H27N5O2/c1-2-17(28)25-22(10-5-11-22)13-27-20(23)18(21(24)29)19(26-27)16-9-8-14-6-3-4-7-15(14)12-16/h2-4,6-7,16H,1,5,8-13,23H2,(H2,24,29)(H,25,28). The van der Waals surface area contributed by atoms with Crippen molar-refractivity contribution in [2.24, 2.45) is 5.73 Å². The van der Waals surface area contributed by atoms with Crippen LogP contribution >= 0.6 is 0 Å². The number of hydrogen-bond donors (Lipinski definition) is 3. The Morgan fingerprint density at radius 3 is 2.66 bits per heavy atom. The van der Waals surface area contributed by atoms with Gasteiger partial charge < -0.3 is 16.8 Å². The first-order valence-electron chi connectivity index (χ1n) is 10.1. The largest absolute Gasteiger partial charge is 0.383 e. The van der Waals surface area contributed by atoms with E-state index >= 15 is 0 Å². The number of anilines is 1. The number of aromatic nitrogens is 2. The van der Waals surface area contributed by atoms with Crippen LogP contribution in [0.4, 0.5) is 5.82 Å². The van der Waals surface area contributed by atoms with Gasteiger partial charge in [-0.15, -0.1) is 0 Å². The zero-order chi connectivity index (χ0) is 20.6. The molecule has 2 aliphatic rings. The van der Waals surface area contributed by atoms with Crippen LogP contribution < -0.4 is 16.8 Å². The number of nitrogens with one attached hydrogen (secondary N) is 1. The lowest BCUT2D eigenvalue weighted by atomic mass is 9.76. The zero-order valence-electron chi connectivity index (χ0n) is 16.5. The van der Waals surface area contributed by atoms with Gasteiger partial charge in [-0.2, -0.15) is 5.10 Å². The molecule has 1 atom stereocenters. The Morgan fingerprint density at radius 1 is 1.31 bits per heavy atom. The molecule has 1 aromatic carbocycles. The summed E-state index contributed by atoms with van der Waals surface area (Å²) < 4.78 is 1.65. The third kappa shape index (κ3) is 3.52. The quantitative estimate of drug-likeness (QED) is 0.651. The molecule has 7 heteroatoms. The van der Waals surface area contributed by atoms with Gasteiger partial charge in [0.15, 0.2) is 0 Å². The summed E-state index contributed by atoms with van der Waals surface area (Å²) in [6, 6.07) is 8.36. The van der Waals surface area contributed by atoms with E-state index in [-0.39, 0.29) is 17.6 Å². The number of aryl methyl sites for hydroxylation is 1. The first kappa shape index (κ1) is 19.2. The first-order chi connectivity index (χ1) is 13.9. The van der Waals surface area contributed by atoms with Gasteiger partial charge in [-0.05, 0) is 55.7 Å². The lowest BCUT2D eigenvalue weighted by Gasteiger charge is -2.42. The van der Waals surface area contributed by atoms with Gasteiger partial charge in [0.25, 0.3) is 5.91 Å². The summed E-state index contributed by atoms with van der Waals surface area (Å²) in [7, 11) is 0. The van der Waals surface area contributed by atoms with Crippen molar-refractivity contribution in [3.8, 4) is 0 Å². The second kappa shape index (κ2) is 7.39. The third-order valence-corrected chi connectivity index (χ3v) is 6.34. The van der Waals surface area contributed by atoms with Gasteiger partial charge in [0, 0.05) is 5.92 Å². The number of carbonyl (C=O) groups is 2. The van der Waals surface area contributed by atoms with E-state index in [0.717, 1.165) is 38.5 Å². The predicted molar refractivity (Wildman–Crippen MR) is 111 cm³/mol. The molecule has 7 nitrogen and oxygen atoms in total. The molecule has 2 aromatic rings. The van der Waals surface area contributed by atoms with Crippen molar-refractivity contribution < 1.29 is 9.59 Å². The van der Waals surface area contributed by atoms with E-state index in [1.54, 1.807) is 4.68 Å². The Hall–Kier alpha value is -3.09. The first-order valence-corrected chi connectivity index (χ1v) is 10.1. The number of benzene rings is 1. The van der Waals surface area contributed by atoms with Crippen molar-refractivity contribution in [2.75, 3.05) is 5.73 Å². The molecule has 152 valence electrons. The fraction of sp³-hybridized carbons (Fsp3) is 0.409. The highest BCUT2D eigenvalue weighted by atomic mass is 16.2. The molecule has 29 heavy (non-hydrogen) atoms. The molecule has 5 N–H and O–H groups in total. The van der Waals surface area contributed by atoms with Crippen LogP contribution in [0.25, 0.3) is 0 Å². The lowest BCUT2D eigenvalue weighted by Crippen LogP contribution is -2.56. The van der Waals surface area contributed by atoms with Gasteiger partial charge in [0.05, 0.1) is 17.8 Å². The van der Waals surface area contributed by atoms with E-state index in [1.807, 2.05) is 6.07 Å². The number of primary amides is 1. The van der Waals surface area contributed by atoms with Crippen LogP contribution in [0.5, 0.6) is 0 Å². The minimum absolute atomic E-state index is 0.0936. The minimum atomic E-state index is -0.555. The van der Waals surface area contributed by atoms with E-state index in [4.69, 9.17) is 16.6 Å². The van der Waals surface area contributed by atoms with Crippen LogP contribution in [0.1, 0.15) is 58.8 Å². The summed E-state index contributed by atoms with van der Waals surface area (Å²) in [5, 5.41) is 7.76. The normalized spacial score (nSPS) is 19.7. The highest BCUT2D eigenvalue weighted by Gasteiger charge is 2.40. The van der Waals surface area contributed by atoms with E-state index < -0.39 is 11.4 Å². The van der Waals surface area contributed by atoms with Crippen molar-refractivity contribution in [3.63, 3.8) is 0 Å². The Morgan fingerprint density at radius 2 is 2.03 bits per heavy atom. The lowest BCUT2D eigenvalue weighted by molar-refractivity contribution is -0.119. The molecule has 1 aromatic heterocycles. The smallest absolute Gasteiger partial charge is 0.254 e. The van der Waals surface area contributed by atoms with Gasteiger partial charge >= 0.3 is 0 Å². The number of nitrogen functional groups attached to an aromatic ring is 1. The van der Waals surface area contributed by atoms with Crippen molar-refractivity contribution >= 4 is 17.6 Å². The SMILES string of the molecule is C=CC(=O)NC1(Cn2nc(C3CCc4ccccc4C3)c(C(N)=O)c2N)CCC1. The predicted octanol–water partition coefficient (Wildman–Crippen LogP) is 2.06. The molecule has 2 aliphatic carbocycles. The molecule has 0 radical (unpaired) electrons. The zero-order valence-corrected chi connectivity index (χ0v) is 16.5. The summed E-state index contributed by atoms with van der Waals surface area (Å²) in [4.78, 5) is 24.1. The van der Waals surface area contributed by atoms with Gasteiger partial charge in [-0.25, -0.2) is 4.68 Å². The topological polar surface area (TPSA) is 116 Å². The Bertz CT molecular complexity index is 974. The number of nitrogens with zero attached hydrogens (tertiary/aromatic N) is 2. The number of nitrogens with two attached hydrogens (primary N) is 2. The van der Waals surface area contributed by atoms with E-state index in [0.29, 0.717) is 17.8 Å². The Kier molecular flexibility index (Phi) is 4.90. The van der Waals surface area contributed by atoms with E-state index in [1.165, 1.54) is 17.2 Å². The number of fused-ring (bicyclic) bond motifs is 1. The molecule has 0 spiro atoms. The van der Waals surface area contributed by atoms with Crippen molar-refractivity contribution in [3.05, 3.63) is 59.3 Å². The van der Waals surface area contributed by atoms with Gasteiger partial charge in [-0.1, -0.05) is 30.8 Å². The minimum Gasteiger partial charge on any atom is -0.383 e. The van der Waals surface area contributed by atoms with Crippen LogP contribution in [0.2, 0.25) is 0 Å². The summed E-state index contributed by atoms with van der Waals surface area (Å²) in [6.07, 6.45) is 6.61. The third-order valence-electron chi connectivity index (χ3n) is 6.34. The molecule has 1 unspecified atom stereocenters. The summed E-state index contributed by atoms with van der Waals surface area (Å²) >= 11 is 0. The van der Waals surface area contributed by atoms with Crippen molar-refractivity contribution in [1.82, 2.24) is 15.1 Å². The van der Waals surface area contributed by atoms with Crippen LogP contribution in [0, 0.1) is 0 Å². The maximum Gasteiger partial charge on any atom is 0.254 e. The van der Waals surface area contributed by atoms with Crippen molar-refractivity contribution in [2.45, 2.75) is 56.5 Å². The Balaban J connectivity index is 1.65. The van der Waals surface area contributed by atoms with Crippen LogP contribution in [-0.4, -0.2) is 27.1 Å². The van der Waals surface area contributed by atoms with Crippen LogP contribution in [0.3, 0.4) is 0 Å². The number of hydrogen-bond acceptors (Lipinski definition) is 4. The molecule has 1 saturated carbocycles. The molecule has 4 rings (SSSR count). The summed E-state index contributed by atoms with van der Waals surface area (Å²) in [6.45, 7) is 3.95. The average molecular weight is 393 g/mol. The molecule has 0 bridgehead atoms. The molecule has 2 amide bonds. The highest BCUT2D eigenvalue weighted by molar-refractivity contribution is 5.98. The molecular weight excluding hydrogens is 366 g/mol. The fourth-order valence-corrected chi connectivity index (χ4v) is 4.61. The second-order valence-electron chi connectivity index (χ2n) is 8.20. The number of carbonyl (C=O) groups excluding carboxylic acids is 2. The maximum atomic E-state index is 12.2. The maximum absolute atomic E-state index is 12.2. The van der Waals surface area contributed by atoms with E-state index in [2.05, 4.69) is 30.1 Å². The van der Waals surface area contributed by atoms with Crippen LogP contribution in [0.15, 0.2) is 36.9 Å². The van der Waals surface area contributed by atoms with E-state index in [9.17, 15) is 9.59 Å².